The molecule has 0 radical (unpaired) electrons. The second-order valence-corrected chi connectivity index (χ2v) is 7.23. The maximum atomic E-state index is 5.44. The minimum absolute atomic E-state index is 0. The van der Waals surface area contributed by atoms with Crippen LogP contribution in [0.3, 0.4) is 0 Å². The molecule has 1 aliphatic rings. The van der Waals surface area contributed by atoms with Crippen molar-refractivity contribution in [1.82, 2.24) is 15.5 Å². The predicted molar refractivity (Wildman–Crippen MR) is 127 cm³/mol. The number of ether oxygens (including phenoxy) is 2. The molecule has 0 aliphatic carbocycles. The van der Waals surface area contributed by atoms with Crippen LogP contribution in [0.25, 0.3) is 0 Å². The zero-order valence-corrected chi connectivity index (χ0v) is 20.1. The molecule has 1 fully saturated rings. The number of methoxy groups -OCH3 is 2. The van der Waals surface area contributed by atoms with Crippen molar-refractivity contribution in [2.75, 3.05) is 54.0 Å². The van der Waals surface area contributed by atoms with Crippen LogP contribution in [0.1, 0.15) is 31.7 Å². The van der Waals surface area contributed by atoms with Crippen LogP contribution >= 0.6 is 24.0 Å². The molecule has 160 valence electrons. The second-order valence-electron chi connectivity index (χ2n) is 7.23. The van der Waals surface area contributed by atoms with Crippen LogP contribution in [0.15, 0.2) is 23.2 Å². The van der Waals surface area contributed by atoms with Gasteiger partial charge in [0.15, 0.2) is 5.96 Å². The summed E-state index contributed by atoms with van der Waals surface area (Å²) in [5, 5.41) is 6.79. The molecule has 0 unspecified atom stereocenters. The van der Waals surface area contributed by atoms with Gasteiger partial charge in [-0.05, 0) is 75.0 Å². The number of likely N-dealkylation sites (tertiary alicyclic amines) is 1. The van der Waals surface area contributed by atoms with Crippen LogP contribution in [0.4, 0.5) is 0 Å². The minimum Gasteiger partial charge on any atom is -0.497 e. The number of piperidine rings is 1. The van der Waals surface area contributed by atoms with Gasteiger partial charge in [-0.2, -0.15) is 0 Å². The molecule has 0 atom stereocenters. The first-order valence-electron chi connectivity index (χ1n) is 10.0. The Labute approximate surface area is 187 Å². The third-order valence-electron chi connectivity index (χ3n) is 5.22. The van der Waals surface area contributed by atoms with Crippen molar-refractivity contribution in [1.29, 1.82) is 0 Å². The second kappa shape index (κ2) is 13.9. The van der Waals surface area contributed by atoms with Gasteiger partial charge in [0.1, 0.15) is 11.5 Å². The van der Waals surface area contributed by atoms with Gasteiger partial charge < -0.3 is 25.0 Å². The van der Waals surface area contributed by atoms with E-state index in [4.69, 9.17) is 9.47 Å². The lowest BCUT2D eigenvalue weighted by Crippen LogP contribution is -2.40. The summed E-state index contributed by atoms with van der Waals surface area (Å²) in [6.07, 6.45) is 4.65. The van der Waals surface area contributed by atoms with Crippen molar-refractivity contribution in [2.24, 2.45) is 10.9 Å². The summed E-state index contributed by atoms with van der Waals surface area (Å²) < 4.78 is 10.7. The summed E-state index contributed by atoms with van der Waals surface area (Å²) in [6, 6.07) is 5.89. The maximum absolute atomic E-state index is 5.44. The highest BCUT2D eigenvalue weighted by Gasteiger charge is 2.14. The van der Waals surface area contributed by atoms with Gasteiger partial charge in [-0.25, -0.2) is 0 Å². The summed E-state index contributed by atoms with van der Waals surface area (Å²) in [6.45, 7) is 7.74. The molecule has 1 aromatic carbocycles. The fourth-order valence-corrected chi connectivity index (χ4v) is 3.41. The molecule has 0 saturated carbocycles. The Kier molecular flexibility index (Phi) is 12.3. The van der Waals surface area contributed by atoms with E-state index in [0.29, 0.717) is 0 Å². The van der Waals surface area contributed by atoms with Crippen molar-refractivity contribution in [3.05, 3.63) is 23.8 Å². The van der Waals surface area contributed by atoms with Crippen molar-refractivity contribution in [3.8, 4) is 11.5 Å². The highest BCUT2D eigenvalue weighted by atomic mass is 127. The molecule has 2 rings (SSSR count). The van der Waals surface area contributed by atoms with E-state index < -0.39 is 0 Å². The molecule has 0 bridgehead atoms. The Morgan fingerprint density at radius 3 is 2.50 bits per heavy atom. The van der Waals surface area contributed by atoms with Crippen LogP contribution in [0.5, 0.6) is 11.5 Å². The van der Waals surface area contributed by atoms with E-state index >= 15 is 0 Å². The Morgan fingerprint density at radius 1 is 1.14 bits per heavy atom. The number of rotatable bonds is 9. The van der Waals surface area contributed by atoms with Crippen LogP contribution < -0.4 is 20.1 Å². The Bertz CT molecular complexity index is 590. The summed E-state index contributed by atoms with van der Waals surface area (Å²) in [4.78, 5) is 6.89. The number of nitrogens with one attached hydrogen (secondary N) is 2. The van der Waals surface area contributed by atoms with Gasteiger partial charge in [0, 0.05) is 20.1 Å². The summed E-state index contributed by atoms with van der Waals surface area (Å²) in [5.74, 6) is 3.48. The number of hydrogen-bond acceptors (Lipinski definition) is 4. The Hall–Kier alpha value is -1.22. The Morgan fingerprint density at radius 2 is 1.86 bits per heavy atom. The van der Waals surface area contributed by atoms with Gasteiger partial charge in [-0.15, -0.1) is 24.0 Å². The molecule has 1 aromatic rings. The first-order valence-corrected chi connectivity index (χ1v) is 10.0. The lowest BCUT2D eigenvalue weighted by Gasteiger charge is -2.30. The minimum atomic E-state index is 0. The number of hydrogen-bond donors (Lipinski definition) is 2. The standard InChI is InChI=1S/C21H36N4O2.HI/c1-17-9-14-25(15-10-17)13-5-11-23-21(22-2)24-12-8-18-16-19(26-3)6-7-20(18)27-4;/h6-7,16-17H,5,8-15H2,1-4H3,(H2,22,23,24);1H. The molecule has 6 nitrogen and oxygen atoms in total. The average Bonchev–Trinajstić information content (AvgIpc) is 2.70. The number of halogens is 1. The van der Waals surface area contributed by atoms with Crippen molar-refractivity contribution in [2.45, 2.75) is 32.6 Å². The largest absolute Gasteiger partial charge is 0.497 e. The molecule has 1 saturated heterocycles. The van der Waals surface area contributed by atoms with Gasteiger partial charge in [0.2, 0.25) is 0 Å². The van der Waals surface area contributed by atoms with E-state index in [2.05, 4.69) is 27.4 Å². The van der Waals surface area contributed by atoms with Gasteiger partial charge in [-0.3, -0.25) is 4.99 Å². The quantitative estimate of drug-likeness (QED) is 0.234. The lowest BCUT2D eigenvalue weighted by molar-refractivity contribution is 0.191. The molecule has 0 aromatic heterocycles. The zero-order valence-electron chi connectivity index (χ0n) is 17.8. The van der Waals surface area contributed by atoms with Crippen molar-refractivity contribution in [3.63, 3.8) is 0 Å². The fourth-order valence-electron chi connectivity index (χ4n) is 3.41. The maximum Gasteiger partial charge on any atom is 0.190 e. The van der Waals surface area contributed by atoms with E-state index in [-0.39, 0.29) is 24.0 Å². The number of benzene rings is 1. The SMILES string of the molecule is CN=C(NCCCN1CCC(C)CC1)NCCc1cc(OC)ccc1OC.I. The van der Waals surface area contributed by atoms with Crippen LogP contribution in [-0.4, -0.2) is 64.9 Å². The van der Waals surface area contributed by atoms with Crippen molar-refractivity contribution < 1.29 is 9.47 Å². The first kappa shape index (κ1) is 24.8. The molecule has 1 aliphatic heterocycles. The third-order valence-corrected chi connectivity index (χ3v) is 5.22. The predicted octanol–water partition coefficient (Wildman–Crippen LogP) is 3.15. The summed E-state index contributed by atoms with van der Waals surface area (Å²) >= 11 is 0. The van der Waals surface area contributed by atoms with Gasteiger partial charge >= 0.3 is 0 Å². The molecule has 7 heteroatoms. The van der Waals surface area contributed by atoms with E-state index in [0.717, 1.165) is 61.4 Å². The van der Waals surface area contributed by atoms with Crippen LogP contribution in [-0.2, 0) is 6.42 Å². The third kappa shape index (κ3) is 8.43. The molecule has 1 heterocycles. The summed E-state index contributed by atoms with van der Waals surface area (Å²) in [5.41, 5.74) is 1.12. The molecule has 0 amide bonds. The van der Waals surface area contributed by atoms with Gasteiger partial charge in [0.05, 0.1) is 14.2 Å². The molecule has 2 N–H and O–H groups in total. The highest BCUT2D eigenvalue weighted by molar-refractivity contribution is 14.0. The van der Waals surface area contributed by atoms with Crippen LogP contribution in [0, 0.1) is 5.92 Å². The molecular weight excluding hydrogens is 467 g/mol. The number of guanidine groups is 1. The fraction of sp³-hybridized carbons (Fsp3) is 0.667. The first-order chi connectivity index (χ1) is 13.2. The average molecular weight is 504 g/mol. The smallest absolute Gasteiger partial charge is 0.190 e. The highest BCUT2D eigenvalue weighted by Crippen LogP contribution is 2.24. The molecule has 0 spiro atoms. The molecular formula is C21H37IN4O2. The van der Waals surface area contributed by atoms with E-state index in [1.54, 1.807) is 14.2 Å². The summed E-state index contributed by atoms with van der Waals surface area (Å²) in [7, 11) is 5.19. The monoisotopic (exact) mass is 504 g/mol. The van der Waals surface area contributed by atoms with Crippen molar-refractivity contribution >= 4 is 29.9 Å². The number of nitrogens with zero attached hydrogens (tertiary/aromatic N) is 2. The van der Waals surface area contributed by atoms with Crippen LogP contribution in [0.2, 0.25) is 0 Å². The lowest BCUT2D eigenvalue weighted by atomic mass is 9.99. The Balaban J connectivity index is 0.00000392. The van der Waals surface area contributed by atoms with Gasteiger partial charge in [0.25, 0.3) is 0 Å². The zero-order chi connectivity index (χ0) is 19.5. The molecule has 28 heavy (non-hydrogen) atoms. The van der Waals surface area contributed by atoms with E-state index in [1.807, 2.05) is 25.2 Å². The number of aliphatic imine (C=N–C) groups is 1. The van der Waals surface area contributed by atoms with E-state index in [1.165, 1.54) is 25.9 Å². The topological polar surface area (TPSA) is 58.1 Å². The normalized spacial score (nSPS) is 15.6. The van der Waals surface area contributed by atoms with E-state index in [9.17, 15) is 0 Å². The van der Waals surface area contributed by atoms with Gasteiger partial charge in [-0.1, -0.05) is 6.92 Å².